The fraction of sp³-hybridized carbons (Fsp3) is 0.900. The topological polar surface area (TPSA) is 55.8 Å². The first kappa shape index (κ1) is 11.5. The lowest BCUT2D eigenvalue weighted by atomic mass is 9.74. The minimum Gasteiger partial charge on any atom is -0.465 e. The summed E-state index contributed by atoms with van der Waals surface area (Å²) in [5, 5.41) is 10.2. The van der Waals surface area contributed by atoms with Crippen LogP contribution in [0.15, 0.2) is 0 Å². The van der Waals surface area contributed by atoms with Gasteiger partial charge < -0.3 is 14.6 Å². The number of ether oxygens (including phenoxy) is 2. The molecule has 0 radical (unpaired) electrons. The van der Waals surface area contributed by atoms with Crippen molar-refractivity contribution in [2.45, 2.75) is 32.8 Å². The highest BCUT2D eigenvalue weighted by atomic mass is 16.5. The molecule has 0 amide bonds. The summed E-state index contributed by atoms with van der Waals surface area (Å²) < 4.78 is 10.0. The van der Waals surface area contributed by atoms with Crippen LogP contribution in [0, 0.1) is 5.41 Å². The van der Waals surface area contributed by atoms with Gasteiger partial charge in [-0.15, -0.1) is 0 Å². The van der Waals surface area contributed by atoms with E-state index in [1.165, 1.54) is 0 Å². The van der Waals surface area contributed by atoms with Crippen LogP contribution in [0.3, 0.4) is 0 Å². The summed E-state index contributed by atoms with van der Waals surface area (Å²) in [7, 11) is 0. The van der Waals surface area contributed by atoms with Crippen molar-refractivity contribution in [3.05, 3.63) is 0 Å². The molecule has 1 unspecified atom stereocenters. The quantitative estimate of drug-likeness (QED) is 0.685. The zero-order valence-electron chi connectivity index (χ0n) is 9.00. The minimum atomic E-state index is -1.08. The Morgan fingerprint density at radius 1 is 1.64 bits per heavy atom. The van der Waals surface area contributed by atoms with E-state index in [9.17, 15) is 9.90 Å². The normalized spacial score (nSPS) is 27.7. The molecule has 82 valence electrons. The average molecular weight is 202 g/mol. The Morgan fingerprint density at radius 2 is 2.29 bits per heavy atom. The number of esters is 1. The van der Waals surface area contributed by atoms with Gasteiger partial charge in [0, 0.05) is 13.0 Å². The van der Waals surface area contributed by atoms with Crippen molar-refractivity contribution >= 4 is 5.97 Å². The molecule has 1 aliphatic heterocycles. The molecule has 14 heavy (non-hydrogen) atoms. The molecule has 1 N–H and O–H groups in total. The molecule has 0 bridgehead atoms. The molecule has 1 atom stereocenters. The van der Waals surface area contributed by atoms with Crippen LogP contribution >= 0.6 is 0 Å². The van der Waals surface area contributed by atoms with Gasteiger partial charge in [0.25, 0.3) is 0 Å². The third-order valence-electron chi connectivity index (χ3n) is 2.95. The Bertz CT molecular complexity index is 216. The Morgan fingerprint density at radius 3 is 2.71 bits per heavy atom. The van der Waals surface area contributed by atoms with E-state index in [-0.39, 0.29) is 12.6 Å². The third kappa shape index (κ3) is 1.77. The molecule has 1 heterocycles. The number of carbonyl (C=O) groups excluding carboxylic acids is 1. The lowest BCUT2D eigenvalue weighted by molar-refractivity contribution is -0.170. The molecule has 1 saturated heterocycles. The van der Waals surface area contributed by atoms with E-state index in [0.717, 1.165) is 0 Å². The van der Waals surface area contributed by atoms with Crippen molar-refractivity contribution in [1.29, 1.82) is 0 Å². The van der Waals surface area contributed by atoms with E-state index in [0.29, 0.717) is 19.6 Å². The van der Waals surface area contributed by atoms with Crippen molar-refractivity contribution in [2.75, 3.05) is 19.8 Å². The third-order valence-corrected chi connectivity index (χ3v) is 2.95. The summed E-state index contributed by atoms with van der Waals surface area (Å²) in [6.45, 7) is 6.18. The van der Waals surface area contributed by atoms with Crippen molar-refractivity contribution < 1.29 is 19.4 Å². The van der Waals surface area contributed by atoms with E-state index >= 15 is 0 Å². The molecule has 0 aromatic rings. The zero-order chi connectivity index (χ0) is 10.8. The second kappa shape index (κ2) is 3.87. The number of hydrogen-bond acceptors (Lipinski definition) is 4. The number of hydrogen-bond donors (Lipinski definition) is 1. The van der Waals surface area contributed by atoms with Crippen LogP contribution in [0.25, 0.3) is 0 Å². The molecule has 1 fully saturated rings. The van der Waals surface area contributed by atoms with E-state index in [4.69, 9.17) is 9.47 Å². The Balaban J connectivity index is 2.76. The zero-order valence-corrected chi connectivity index (χ0v) is 9.00. The predicted molar refractivity (Wildman–Crippen MR) is 50.8 cm³/mol. The largest absolute Gasteiger partial charge is 0.465 e. The van der Waals surface area contributed by atoms with Gasteiger partial charge in [-0.2, -0.15) is 0 Å². The highest BCUT2D eigenvalue weighted by Crippen LogP contribution is 2.38. The number of aliphatic hydroxyl groups is 1. The lowest BCUT2D eigenvalue weighted by Crippen LogP contribution is -2.50. The van der Waals surface area contributed by atoms with Gasteiger partial charge in [0.15, 0.2) is 0 Å². The summed E-state index contributed by atoms with van der Waals surface area (Å²) in [6, 6.07) is 0. The van der Waals surface area contributed by atoms with E-state index in [1.54, 1.807) is 20.8 Å². The highest BCUT2D eigenvalue weighted by Gasteiger charge is 2.52. The monoisotopic (exact) mass is 202 g/mol. The van der Waals surface area contributed by atoms with Gasteiger partial charge in [0.05, 0.1) is 18.6 Å². The smallest absolute Gasteiger partial charge is 0.314 e. The van der Waals surface area contributed by atoms with E-state index in [1.807, 2.05) is 0 Å². The van der Waals surface area contributed by atoms with E-state index in [2.05, 4.69) is 0 Å². The first-order chi connectivity index (χ1) is 6.44. The van der Waals surface area contributed by atoms with Crippen LogP contribution in [-0.4, -0.2) is 36.5 Å². The first-order valence-electron chi connectivity index (χ1n) is 4.91. The molecule has 0 spiro atoms. The van der Waals surface area contributed by atoms with Crippen LogP contribution in [0.1, 0.15) is 27.2 Å². The maximum atomic E-state index is 11.6. The second-order valence-electron chi connectivity index (χ2n) is 4.18. The fourth-order valence-electron chi connectivity index (χ4n) is 1.55. The van der Waals surface area contributed by atoms with Gasteiger partial charge in [0.2, 0.25) is 0 Å². The summed E-state index contributed by atoms with van der Waals surface area (Å²) >= 11 is 0. The molecule has 0 aliphatic carbocycles. The van der Waals surface area contributed by atoms with Gasteiger partial charge >= 0.3 is 5.97 Å². The SMILES string of the molecule is CCOC(=O)C(C)(C)C1(O)CCOC1. The molecule has 0 aromatic heterocycles. The molecule has 0 saturated carbocycles. The summed E-state index contributed by atoms with van der Waals surface area (Å²) in [5.41, 5.74) is -1.99. The van der Waals surface area contributed by atoms with Gasteiger partial charge in [-0.05, 0) is 20.8 Å². The lowest BCUT2D eigenvalue weighted by Gasteiger charge is -2.36. The fourth-order valence-corrected chi connectivity index (χ4v) is 1.55. The van der Waals surface area contributed by atoms with Crippen LogP contribution in [0.5, 0.6) is 0 Å². The maximum absolute atomic E-state index is 11.6. The number of rotatable bonds is 3. The molecule has 4 nitrogen and oxygen atoms in total. The Hall–Kier alpha value is -0.610. The van der Waals surface area contributed by atoms with Crippen LogP contribution < -0.4 is 0 Å². The molecule has 4 heteroatoms. The van der Waals surface area contributed by atoms with Crippen molar-refractivity contribution in [3.63, 3.8) is 0 Å². The standard InChI is InChI=1S/C10H18O4/c1-4-14-8(11)9(2,3)10(12)5-6-13-7-10/h12H,4-7H2,1-3H3. The molecule has 1 rings (SSSR count). The van der Waals surface area contributed by atoms with Crippen LogP contribution in [0.2, 0.25) is 0 Å². The van der Waals surface area contributed by atoms with Gasteiger partial charge in [-0.3, -0.25) is 4.79 Å². The molecular weight excluding hydrogens is 184 g/mol. The Kier molecular flexibility index (Phi) is 3.17. The van der Waals surface area contributed by atoms with Crippen LogP contribution in [0.4, 0.5) is 0 Å². The molecule has 1 aliphatic rings. The molecule has 0 aromatic carbocycles. The van der Waals surface area contributed by atoms with Gasteiger partial charge in [-0.1, -0.05) is 0 Å². The first-order valence-corrected chi connectivity index (χ1v) is 4.91. The van der Waals surface area contributed by atoms with Crippen molar-refractivity contribution in [1.82, 2.24) is 0 Å². The summed E-state index contributed by atoms with van der Waals surface area (Å²) in [6.07, 6.45) is 0.485. The maximum Gasteiger partial charge on any atom is 0.314 e. The van der Waals surface area contributed by atoms with Crippen molar-refractivity contribution in [3.8, 4) is 0 Å². The van der Waals surface area contributed by atoms with Crippen LogP contribution in [-0.2, 0) is 14.3 Å². The number of carbonyl (C=O) groups is 1. The van der Waals surface area contributed by atoms with Gasteiger partial charge in [0.1, 0.15) is 5.60 Å². The average Bonchev–Trinajstić information content (AvgIpc) is 2.54. The van der Waals surface area contributed by atoms with E-state index < -0.39 is 11.0 Å². The minimum absolute atomic E-state index is 0.207. The molecular formula is C10H18O4. The summed E-state index contributed by atoms with van der Waals surface area (Å²) in [4.78, 5) is 11.6. The van der Waals surface area contributed by atoms with Gasteiger partial charge in [-0.25, -0.2) is 0 Å². The van der Waals surface area contributed by atoms with Crippen molar-refractivity contribution in [2.24, 2.45) is 5.41 Å². The Labute approximate surface area is 84.2 Å². The second-order valence-corrected chi connectivity index (χ2v) is 4.18. The predicted octanol–water partition coefficient (Wildman–Crippen LogP) is 0.727. The summed E-state index contributed by atoms with van der Waals surface area (Å²) in [5.74, 6) is -0.368. The highest BCUT2D eigenvalue weighted by molar-refractivity contribution is 5.77.